The topological polar surface area (TPSA) is 56.2 Å². The molecule has 24 heavy (non-hydrogen) atoms. The standard InChI is InChI=1S/C19H30N2O3/c1-15(2)21-11-10-20(14-17(21)8-12-22)9-4-5-16-6-7-18(23)19(13-16)24-3/h4-7,13,15,17,22-23H,8-12,14H2,1-3H3. The zero-order valence-electron chi connectivity index (χ0n) is 15.0. The van der Waals surface area contributed by atoms with Gasteiger partial charge in [0.05, 0.1) is 7.11 Å². The molecule has 0 aliphatic carbocycles. The van der Waals surface area contributed by atoms with E-state index in [0.717, 1.165) is 38.2 Å². The van der Waals surface area contributed by atoms with Crippen molar-refractivity contribution >= 4 is 6.08 Å². The summed E-state index contributed by atoms with van der Waals surface area (Å²) >= 11 is 0. The molecule has 5 nitrogen and oxygen atoms in total. The van der Waals surface area contributed by atoms with E-state index in [1.54, 1.807) is 13.2 Å². The van der Waals surface area contributed by atoms with Crippen molar-refractivity contribution in [2.75, 3.05) is 39.9 Å². The summed E-state index contributed by atoms with van der Waals surface area (Å²) in [4.78, 5) is 4.91. The van der Waals surface area contributed by atoms with E-state index in [1.165, 1.54) is 0 Å². The maximum Gasteiger partial charge on any atom is 0.161 e. The summed E-state index contributed by atoms with van der Waals surface area (Å²) in [7, 11) is 1.55. The third-order valence-corrected chi connectivity index (χ3v) is 4.62. The van der Waals surface area contributed by atoms with Gasteiger partial charge in [-0.2, -0.15) is 0 Å². The molecule has 1 heterocycles. The second-order valence-electron chi connectivity index (χ2n) is 6.59. The number of aromatic hydroxyl groups is 1. The van der Waals surface area contributed by atoms with Gasteiger partial charge in [-0.1, -0.05) is 18.2 Å². The van der Waals surface area contributed by atoms with Crippen molar-refractivity contribution in [3.63, 3.8) is 0 Å². The molecule has 0 aromatic heterocycles. The molecule has 1 unspecified atom stereocenters. The molecule has 1 aliphatic rings. The Kier molecular flexibility index (Phi) is 7.09. The van der Waals surface area contributed by atoms with E-state index in [4.69, 9.17) is 4.74 Å². The lowest BCUT2D eigenvalue weighted by Crippen LogP contribution is -2.55. The van der Waals surface area contributed by atoms with Crippen LogP contribution in [-0.2, 0) is 0 Å². The lowest BCUT2D eigenvalue weighted by Gasteiger charge is -2.43. The van der Waals surface area contributed by atoms with Gasteiger partial charge in [-0.05, 0) is 38.0 Å². The molecule has 1 fully saturated rings. The zero-order chi connectivity index (χ0) is 17.5. The number of aliphatic hydroxyl groups is 1. The smallest absolute Gasteiger partial charge is 0.161 e. The molecule has 1 atom stereocenters. The van der Waals surface area contributed by atoms with Gasteiger partial charge < -0.3 is 14.9 Å². The van der Waals surface area contributed by atoms with Crippen molar-refractivity contribution in [3.8, 4) is 11.5 Å². The van der Waals surface area contributed by atoms with Gasteiger partial charge in [0.25, 0.3) is 0 Å². The number of benzene rings is 1. The Morgan fingerprint density at radius 2 is 2.12 bits per heavy atom. The monoisotopic (exact) mass is 334 g/mol. The Balaban J connectivity index is 1.92. The minimum absolute atomic E-state index is 0.159. The van der Waals surface area contributed by atoms with Crippen LogP contribution in [0.3, 0.4) is 0 Å². The van der Waals surface area contributed by atoms with E-state index in [1.807, 2.05) is 12.1 Å². The third-order valence-electron chi connectivity index (χ3n) is 4.62. The molecule has 5 heteroatoms. The van der Waals surface area contributed by atoms with Crippen LogP contribution in [0.25, 0.3) is 6.08 Å². The highest BCUT2D eigenvalue weighted by Crippen LogP contribution is 2.26. The van der Waals surface area contributed by atoms with Gasteiger partial charge in [0.2, 0.25) is 0 Å². The second kappa shape index (κ2) is 9.06. The first-order chi connectivity index (χ1) is 11.5. The van der Waals surface area contributed by atoms with Gasteiger partial charge in [-0.25, -0.2) is 0 Å². The van der Waals surface area contributed by atoms with E-state index < -0.39 is 0 Å². The van der Waals surface area contributed by atoms with Gasteiger partial charge in [0.15, 0.2) is 11.5 Å². The van der Waals surface area contributed by atoms with Gasteiger partial charge in [-0.3, -0.25) is 9.80 Å². The molecule has 0 bridgehead atoms. The lowest BCUT2D eigenvalue weighted by molar-refractivity contribution is 0.0435. The molecule has 1 aromatic carbocycles. The van der Waals surface area contributed by atoms with Crippen molar-refractivity contribution in [2.24, 2.45) is 0 Å². The van der Waals surface area contributed by atoms with Crippen molar-refractivity contribution in [3.05, 3.63) is 29.8 Å². The molecule has 134 valence electrons. The first-order valence-corrected chi connectivity index (χ1v) is 8.67. The summed E-state index contributed by atoms with van der Waals surface area (Å²) in [5.41, 5.74) is 1.01. The average Bonchev–Trinajstić information content (AvgIpc) is 2.56. The summed E-state index contributed by atoms with van der Waals surface area (Å²) < 4.78 is 5.13. The fourth-order valence-electron chi connectivity index (χ4n) is 3.32. The Hall–Kier alpha value is -1.56. The summed E-state index contributed by atoms with van der Waals surface area (Å²) in [6, 6.07) is 6.29. The number of nitrogens with zero attached hydrogens (tertiary/aromatic N) is 2. The highest BCUT2D eigenvalue weighted by atomic mass is 16.5. The number of hydrogen-bond donors (Lipinski definition) is 2. The molecule has 1 aliphatic heterocycles. The third kappa shape index (κ3) is 4.97. The van der Waals surface area contributed by atoms with Crippen molar-refractivity contribution < 1.29 is 14.9 Å². The number of piperazine rings is 1. The molecule has 0 amide bonds. The van der Waals surface area contributed by atoms with Gasteiger partial charge in [-0.15, -0.1) is 0 Å². The number of hydrogen-bond acceptors (Lipinski definition) is 5. The summed E-state index contributed by atoms with van der Waals surface area (Å²) in [6.07, 6.45) is 5.03. The number of aliphatic hydroxyl groups excluding tert-OH is 1. The first kappa shape index (κ1) is 18.8. The van der Waals surface area contributed by atoms with Gasteiger partial charge in [0, 0.05) is 44.9 Å². The van der Waals surface area contributed by atoms with Crippen LogP contribution < -0.4 is 4.74 Å². The van der Waals surface area contributed by atoms with Crippen LogP contribution >= 0.6 is 0 Å². The molecule has 2 N–H and O–H groups in total. The van der Waals surface area contributed by atoms with E-state index in [2.05, 4.69) is 35.8 Å². The van der Waals surface area contributed by atoms with Crippen LogP contribution in [-0.4, -0.2) is 72.0 Å². The molecule has 1 saturated heterocycles. The van der Waals surface area contributed by atoms with Crippen LogP contribution in [0, 0.1) is 0 Å². The molecule has 2 rings (SSSR count). The first-order valence-electron chi connectivity index (χ1n) is 8.67. The number of phenols is 1. The summed E-state index contributed by atoms with van der Waals surface area (Å²) in [6.45, 7) is 8.65. The van der Waals surface area contributed by atoms with E-state index in [9.17, 15) is 10.2 Å². The fourth-order valence-corrected chi connectivity index (χ4v) is 3.32. The number of rotatable bonds is 7. The molecular formula is C19H30N2O3. The van der Waals surface area contributed by atoms with Gasteiger partial charge >= 0.3 is 0 Å². The lowest BCUT2D eigenvalue weighted by atomic mass is 10.1. The molecular weight excluding hydrogens is 304 g/mol. The van der Waals surface area contributed by atoms with Crippen LogP contribution in [0.15, 0.2) is 24.3 Å². The van der Waals surface area contributed by atoms with Crippen molar-refractivity contribution in [1.82, 2.24) is 9.80 Å². The Bertz CT molecular complexity index is 545. The van der Waals surface area contributed by atoms with Crippen molar-refractivity contribution in [2.45, 2.75) is 32.4 Å². The number of phenolic OH excluding ortho intramolecular Hbond substituents is 1. The molecule has 0 spiro atoms. The summed E-state index contributed by atoms with van der Waals surface area (Å²) in [5, 5.41) is 18.9. The van der Waals surface area contributed by atoms with Crippen LogP contribution in [0.4, 0.5) is 0 Å². The number of ether oxygens (including phenoxy) is 1. The Labute approximate surface area is 145 Å². The van der Waals surface area contributed by atoms with E-state index in [0.29, 0.717) is 17.8 Å². The quantitative estimate of drug-likeness (QED) is 0.800. The Morgan fingerprint density at radius 3 is 2.79 bits per heavy atom. The predicted molar refractivity (Wildman–Crippen MR) is 97.5 cm³/mol. The molecule has 0 saturated carbocycles. The molecule has 1 aromatic rings. The largest absolute Gasteiger partial charge is 0.504 e. The average molecular weight is 334 g/mol. The SMILES string of the molecule is COc1cc(C=CCN2CCN(C(C)C)C(CCO)C2)ccc1O. The molecule has 0 radical (unpaired) electrons. The number of methoxy groups -OCH3 is 1. The minimum Gasteiger partial charge on any atom is -0.504 e. The Morgan fingerprint density at radius 1 is 1.33 bits per heavy atom. The van der Waals surface area contributed by atoms with E-state index in [-0.39, 0.29) is 12.4 Å². The zero-order valence-corrected chi connectivity index (χ0v) is 15.0. The second-order valence-corrected chi connectivity index (χ2v) is 6.59. The van der Waals surface area contributed by atoms with Crippen LogP contribution in [0.5, 0.6) is 11.5 Å². The van der Waals surface area contributed by atoms with E-state index >= 15 is 0 Å². The van der Waals surface area contributed by atoms with Gasteiger partial charge in [0.1, 0.15) is 0 Å². The van der Waals surface area contributed by atoms with Crippen molar-refractivity contribution in [1.29, 1.82) is 0 Å². The minimum atomic E-state index is 0.159. The highest BCUT2D eigenvalue weighted by Gasteiger charge is 2.27. The normalized spacial score (nSPS) is 20.1. The fraction of sp³-hybridized carbons (Fsp3) is 0.579. The maximum absolute atomic E-state index is 9.63. The van der Waals surface area contributed by atoms with Crippen LogP contribution in [0.1, 0.15) is 25.8 Å². The van der Waals surface area contributed by atoms with Crippen LogP contribution in [0.2, 0.25) is 0 Å². The maximum atomic E-state index is 9.63. The summed E-state index contributed by atoms with van der Waals surface area (Å²) in [5.74, 6) is 0.650. The predicted octanol–water partition coefficient (Wildman–Crippen LogP) is 2.19. The highest BCUT2D eigenvalue weighted by molar-refractivity contribution is 5.55.